The van der Waals surface area contributed by atoms with Gasteiger partial charge in [-0.25, -0.2) is 8.42 Å². The maximum Gasteiger partial charge on any atom is 0.184 e. The van der Waals surface area contributed by atoms with E-state index in [2.05, 4.69) is 0 Å². The Bertz CT molecular complexity index is 520. The summed E-state index contributed by atoms with van der Waals surface area (Å²) in [6.07, 6.45) is 4.83. The zero-order valence-corrected chi connectivity index (χ0v) is 11.0. The van der Waals surface area contributed by atoms with Gasteiger partial charge in [-0.2, -0.15) is 0 Å². The Kier molecular flexibility index (Phi) is 2.37. The van der Waals surface area contributed by atoms with Crippen molar-refractivity contribution in [2.75, 3.05) is 0 Å². The molecule has 3 heteroatoms. The molecule has 0 aliphatic heterocycles. The number of fused-ring (bicyclic) bond motifs is 2. The van der Waals surface area contributed by atoms with E-state index in [0.717, 1.165) is 37.7 Å². The van der Waals surface area contributed by atoms with Crippen LogP contribution in [0.5, 0.6) is 0 Å². The first-order valence-corrected chi connectivity index (χ1v) is 7.83. The minimum atomic E-state index is -3.13. The van der Waals surface area contributed by atoms with E-state index in [-0.39, 0.29) is 0 Å². The second kappa shape index (κ2) is 3.58. The van der Waals surface area contributed by atoms with Gasteiger partial charge >= 0.3 is 0 Å². The number of rotatable bonds is 2. The Morgan fingerprint density at radius 3 is 2.18 bits per heavy atom. The highest BCUT2D eigenvalue weighted by molar-refractivity contribution is 7.92. The molecule has 0 saturated heterocycles. The molecule has 0 unspecified atom stereocenters. The van der Waals surface area contributed by atoms with Crippen molar-refractivity contribution in [2.45, 2.75) is 48.7 Å². The molecule has 0 spiro atoms. The van der Waals surface area contributed by atoms with Crippen molar-refractivity contribution < 1.29 is 8.42 Å². The second-order valence-corrected chi connectivity index (χ2v) is 7.99. The van der Waals surface area contributed by atoms with Crippen LogP contribution in [0, 0.1) is 12.8 Å². The maximum absolute atomic E-state index is 12.7. The molecule has 1 aromatic rings. The van der Waals surface area contributed by atoms with Gasteiger partial charge in [-0.15, -0.1) is 0 Å². The molecule has 0 amide bonds. The molecule has 0 atom stereocenters. The lowest BCUT2D eigenvalue weighted by Crippen LogP contribution is -2.33. The smallest absolute Gasteiger partial charge is 0.184 e. The van der Waals surface area contributed by atoms with E-state index in [4.69, 9.17) is 0 Å². The Hall–Kier alpha value is -0.830. The summed E-state index contributed by atoms with van der Waals surface area (Å²) in [4.78, 5) is 0.519. The zero-order chi connectivity index (χ0) is 12.1. The third-order valence-corrected chi connectivity index (χ3v) is 7.19. The molecule has 2 saturated carbocycles. The van der Waals surface area contributed by atoms with E-state index < -0.39 is 14.6 Å². The summed E-state index contributed by atoms with van der Waals surface area (Å²) < 4.78 is 25.0. The minimum absolute atomic E-state index is 0.424. The van der Waals surface area contributed by atoms with Gasteiger partial charge in [0.1, 0.15) is 0 Å². The molecule has 1 aromatic carbocycles. The Morgan fingerprint density at radius 1 is 1.12 bits per heavy atom. The van der Waals surface area contributed by atoms with Gasteiger partial charge in [0.2, 0.25) is 0 Å². The number of aryl methyl sites for hydroxylation is 1. The summed E-state index contributed by atoms with van der Waals surface area (Å²) in [5, 5.41) is 0. The number of sulfone groups is 1. The van der Waals surface area contributed by atoms with Crippen LogP contribution < -0.4 is 0 Å². The summed E-state index contributed by atoms with van der Waals surface area (Å²) in [5.74, 6) is 0.662. The fourth-order valence-corrected chi connectivity index (χ4v) is 5.71. The summed E-state index contributed by atoms with van der Waals surface area (Å²) in [6.45, 7) is 1.98. The molecular weight excluding hydrogens is 232 g/mol. The van der Waals surface area contributed by atoms with E-state index in [1.54, 1.807) is 12.1 Å². The quantitative estimate of drug-likeness (QED) is 0.808. The van der Waals surface area contributed by atoms with E-state index in [0.29, 0.717) is 10.8 Å². The third-order valence-electron chi connectivity index (χ3n) is 4.58. The van der Waals surface area contributed by atoms with E-state index in [1.807, 2.05) is 19.1 Å². The first-order chi connectivity index (χ1) is 8.03. The van der Waals surface area contributed by atoms with Crippen LogP contribution >= 0.6 is 0 Å². The Balaban J connectivity index is 2.04. The van der Waals surface area contributed by atoms with Gasteiger partial charge in [0, 0.05) is 0 Å². The highest BCUT2D eigenvalue weighted by Crippen LogP contribution is 2.53. The van der Waals surface area contributed by atoms with Gasteiger partial charge < -0.3 is 0 Å². The molecular formula is C14H18O2S. The van der Waals surface area contributed by atoms with Crippen LogP contribution in [-0.4, -0.2) is 13.2 Å². The van der Waals surface area contributed by atoms with Gasteiger partial charge in [0.05, 0.1) is 9.64 Å². The van der Waals surface area contributed by atoms with E-state index >= 15 is 0 Å². The van der Waals surface area contributed by atoms with Crippen molar-refractivity contribution in [3.05, 3.63) is 29.8 Å². The van der Waals surface area contributed by atoms with Crippen molar-refractivity contribution >= 4 is 9.84 Å². The highest BCUT2D eigenvalue weighted by Gasteiger charge is 2.53. The summed E-state index contributed by atoms with van der Waals surface area (Å²) in [5.41, 5.74) is 1.11. The average Bonchev–Trinajstić information content (AvgIpc) is 2.91. The van der Waals surface area contributed by atoms with Crippen molar-refractivity contribution in [3.63, 3.8) is 0 Å². The molecule has 2 nitrogen and oxygen atoms in total. The van der Waals surface area contributed by atoms with Gasteiger partial charge in [-0.05, 0) is 57.1 Å². The van der Waals surface area contributed by atoms with Crippen molar-refractivity contribution in [2.24, 2.45) is 5.92 Å². The van der Waals surface area contributed by atoms with Crippen LogP contribution in [0.1, 0.15) is 37.7 Å². The largest absolute Gasteiger partial charge is 0.223 e. The van der Waals surface area contributed by atoms with Crippen LogP contribution in [0.4, 0.5) is 0 Å². The van der Waals surface area contributed by atoms with E-state index in [1.165, 1.54) is 0 Å². The van der Waals surface area contributed by atoms with Crippen LogP contribution in [0.15, 0.2) is 29.2 Å². The topological polar surface area (TPSA) is 34.1 Å². The lowest BCUT2D eigenvalue weighted by molar-refractivity contribution is 0.474. The standard InChI is InChI=1S/C14H18O2S/c1-11-2-4-13(5-3-11)17(15,16)14-8-6-12(10-14)7-9-14/h2-5,12H,6-10H2,1H3. The van der Waals surface area contributed by atoms with Crippen molar-refractivity contribution in [1.82, 2.24) is 0 Å². The summed E-state index contributed by atoms with van der Waals surface area (Å²) in [7, 11) is -3.13. The van der Waals surface area contributed by atoms with Crippen molar-refractivity contribution in [1.29, 1.82) is 0 Å². The van der Waals surface area contributed by atoms with Gasteiger partial charge in [-0.1, -0.05) is 17.7 Å². The SMILES string of the molecule is Cc1ccc(S(=O)(=O)C23CCC(CC2)C3)cc1. The fourth-order valence-electron chi connectivity index (χ4n) is 3.48. The molecule has 2 fully saturated rings. The van der Waals surface area contributed by atoms with Gasteiger partial charge in [0.25, 0.3) is 0 Å². The van der Waals surface area contributed by atoms with Crippen LogP contribution in [0.25, 0.3) is 0 Å². The van der Waals surface area contributed by atoms with Crippen LogP contribution in [0.2, 0.25) is 0 Å². The molecule has 2 bridgehead atoms. The predicted molar refractivity (Wildman–Crippen MR) is 67.7 cm³/mol. The van der Waals surface area contributed by atoms with Gasteiger partial charge in [0.15, 0.2) is 9.84 Å². The van der Waals surface area contributed by atoms with Gasteiger partial charge in [-0.3, -0.25) is 0 Å². The summed E-state index contributed by atoms with van der Waals surface area (Å²) >= 11 is 0. The number of hydrogen-bond acceptors (Lipinski definition) is 2. The molecule has 0 aromatic heterocycles. The van der Waals surface area contributed by atoms with E-state index in [9.17, 15) is 8.42 Å². The molecule has 0 N–H and O–H groups in total. The molecule has 17 heavy (non-hydrogen) atoms. The normalized spacial score (nSPS) is 31.9. The molecule has 3 rings (SSSR count). The number of benzene rings is 1. The first kappa shape index (κ1) is 11.3. The lowest BCUT2D eigenvalue weighted by atomic mass is 10.0. The molecule has 2 aliphatic rings. The first-order valence-electron chi connectivity index (χ1n) is 6.35. The Labute approximate surface area is 103 Å². The zero-order valence-electron chi connectivity index (χ0n) is 10.1. The summed E-state index contributed by atoms with van der Waals surface area (Å²) in [6, 6.07) is 7.33. The molecule has 0 radical (unpaired) electrons. The minimum Gasteiger partial charge on any atom is -0.223 e. The fraction of sp³-hybridized carbons (Fsp3) is 0.571. The molecule has 2 aliphatic carbocycles. The molecule has 92 valence electrons. The monoisotopic (exact) mass is 250 g/mol. The van der Waals surface area contributed by atoms with Crippen LogP contribution in [-0.2, 0) is 9.84 Å². The predicted octanol–water partition coefficient (Wildman–Crippen LogP) is 3.10. The maximum atomic E-state index is 12.7. The van der Waals surface area contributed by atoms with Crippen LogP contribution in [0.3, 0.4) is 0 Å². The lowest BCUT2D eigenvalue weighted by Gasteiger charge is -2.26. The Morgan fingerprint density at radius 2 is 1.71 bits per heavy atom. The molecule has 0 heterocycles. The highest BCUT2D eigenvalue weighted by atomic mass is 32.2. The van der Waals surface area contributed by atoms with Crippen molar-refractivity contribution in [3.8, 4) is 0 Å². The average molecular weight is 250 g/mol. The third kappa shape index (κ3) is 1.55. The second-order valence-electron chi connectivity index (χ2n) is 5.65. The number of hydrogen-bond donors (Lipinski definition) is 0.